The number of benzene rings is 2. The van der Waals surface area contributed by atoms with Gasteiger partial charge in [-0.1, -0.05) is 36.4 Å². The van der Waals surface area contributed by atoms with Gasteiger partial charge in [0.1, 0.15) is 0 Å². The number of carbonyl (C=O) groups is 2. The van der Waals surface area contributed by atoms with E-state index in [1.165, 1.54) is 5.75 Å². The second-order valence-electron chi connectivity index (χ2n) is 5.67. The van der Waals surface area contributed by atoms with Crippen LogP contribution >= 0.6 is 23.5 Å². The van der Waals surface area contributed by atoms with Crippen LogP contribution in [0.5, 0.6) is 0 Å². The molecule has 1 aliphatic heterocycles. The van der Waals surface area contributed by atoms with Crippen molar-refractivity contribution in [1.29, 1.82) is 0 Å². The van der Waals surface area contributed by atoms with Crippen molar-refractivity contribution in [3.05, 3.63) is 59.7 Å². The van der Waals surface area contributed by atoms with E-state index in [0.29, 0.717) is 28.5 Å². The van der Waals surface area contributed by atoms with Crippen molar-refractivity contribution in [3.63, 3.8) is 0 Å². The molecule has 0 saturated carbocycles. The largest absolute Gasteiger partial charge is 0.478 e. The average molecular weight is 373 g/mol. The van der Waals surface area contributed by atoms with Gasteiger partial charge in [0, 0.05) is 34.6 Å². The maximum absolute atomic E-state index is 12.7. The van der Waals surface area contributed by atoms with Gasteiger partial charge in [0.2, 0.25) is 0 Å². The first kappa shape index (κ1) is 17.9. The molecule has 25 heavy (non-hydrogen) atoms. The molecular weight excluding hydrogens is 354 g/mol. The van der Waals surface area contributed by atoms with Crippen molar-refractivity contribution < 1.29 is 14.7 Å². The van der Waals surface area contributed by atoms with Crippen LogP contribution in [-0.4, -0.2) is 46.0 Å². The van der Waals surface area contributed by atoms with E-state index in [1.807, 2.05) is 29.6 Å². The lowest BCUT2D eigenvalue weighted by atomic mass is 9.95. The van der Waals surface area contributed by atoms with E-state index in [2.05, 4.69) is 5.32 Å². The number of amides is 1. The van der Waals surface area contributed by atoms with E-state index in [9.17, 15) is 14.7 Å². The molecule has 1 aliphatic rings. The summed E-state index contributed by atoms with van der Waals surface area (Å²) in [6.45, 7) is 0.630. The molecule has 0 spiro atoms. The van der Waals surface area contributed by atoms with Gasteiger partial charge in [0.25, 0.3) is 5.91 Å². The predicted molar refractivity (Wildman–Crippen MR) is 105 cm³/mol. The fraction of sp³-hybridized carbons (Fsp3) is 0.263. The summed E-state index contributed by atoms with van der Waals surface area (Å²) >= 11 is 3.81. The molecule has 1 atom stereocenters. The number of rotatable bonds is 5. The van der Waals surface area contributed by atoms with Gasteiger partial charge in [-0.3, -0.25) is 4.79 Å². The van der Waals surface area contributed by atoms with Crippen LogP contribution in [0.1, 0.15) is 20.7 Å². The molecule has 4 nitrogen and oxygen atoms in total. The van der Waals surface area contributed by atoms with E-state index in [1.54, 1.807) is 42.5 Å². The Kier molecular flexibility index (Phi) is 6.04. The lowest BCUT2D eigenvalue weighted by Gasteiger charge is -2.21. The molecule has 130 valence electrons. The summed E-state index contributed by atoms with van der Waals surface area (Å²) in [5.74, 6) is 2.18. The number of hydrogen-bond acceptors (Lipinski definition) is 4. The number of carbonyl (C=O) groups excluding carboxylic acids is 1. The van der Waals surface area contributed by atoms with Crippen LogP contribution in [0.2, 0.25) is 0 Å². The fourth-order valence-corrected chi connectivity index (χ4v) is 5.39. The van der Waals surface area contributed by atoms with Gasteiger partial charge in [-0.15, -0.1) is 0 Å². The standard InChI is InChI=1S/C19H19NO3S2/c21-18(20-11-13-12-24-9-10-25-13)16-7-3-1-5-14(16)15-6-2-4-8-17(15)19(22)23/h1-8,13H,9-12H2,(H,20,21)(H,22,23). The molecule has 1 heterocycles. The van der Waals surface area contributed by atoms with Crippen molar-refractivity contribution in [1.82, 2.24) is 5.32 Å². The molecule has 3 rings (SSSR count). The summed E-state index contributed by atoms with van der Waals surface area (Å²) in [6.07, 6.45) is 0. The molecule has 1 fully saturated rings. The first-order chi connectivity index (χ1) is 12.2. The Bertz CT molecular complexity index is 773. The van der Waals surface area contributed by atoms with Gasteiger partial charge in [-0.25, -0.2) is 4.79 Å². The predicted octanol–water partition coefficient (Wildman–Crippen LogP) is 3.63. The Morgan fingerprint density at radius 1 is 1.00 bits per heavy atom. The van der Waals surface area contributed by atoms with Crippen molar-refractivity contribution in [2.75, 3.05) is 23.8 Å². The van der Waals surface area contributed by atoms with Crippen molar-refractivity contribution in [2.45, 2.75) is 5.25 Å². The summed E-state index contributed by atoms with van der Waals surface area (Å²) in [5.41, 5.74) is 1.90. The Labute approximate surface area is 155 Å². The lowest BCUT2D eigenvalue weighted by Crippen LogP contribution is -2.33. The average Bonchev–Trinajstić information content (AvgIpc) is 2.67. The zero-order chi connectivity index (χ0) is 17.6. The second-order valence-corrected chi connectivity index (χ2v) is 8.23. The Morgan fingerprint density at radius 2 is 1.64 bits per heavy atom. The molecule has 0 bridgehead atoms. The minimum absolute atomic E-state index is 0.160. The lowest BCUT2D eigenvalue weighted by molar-refractivity contribution is 0.0697. The summed E-state index contributed by atoms with van der Waals surface area (Å²) in [7, 11) is 0. The third-order valence-electron chi connectivity index (χ3n) is 3.99. The molecule has 0 radical (unpaired) electrons. The van der Waals surface area contributed by atoms with Gasteiger partial charge >= 0.3 is 5.97 Å². The van der Waals surface area contributed by atoms with Gasteiger partial charge in [-0.05, 0) is 23.3 Å². The minimum Gasteiger partial charge on any atom is -0.478 e. The highest BCUT2D eigenvalue weighted by molar-refractivity contribution is 8.06. The summed E-state index contributed by atoms with van der Waals surface area (Å²) in [5, 5.41) is 12.9. The Hall–Kier alpha value is -1.92. The maximum Gasteiger partial charge on any atom is 0.336 e. The topological polar surface area (TPSA) is 66.4 Å². The highest BCUT2D eigenvalue weighted by atomic mass is 32.2. The normalized spacial score (nSPS) is 17.0. The van der Waals surface area contributed by atoms with Gasteiger partial charge in [0.15, 0.2) is 0 Å². The highest BCUT2D eigenvalue weighted by Gasteiger charge is 2.19. The van der Waals surface area contributed by atoms with Crippen LogP contribution in [0.4, 0.5) is 0 Å². The Morgan fingerprint density at radius 3 is 2.28 bits per heavy atom. The molecule has 1 saturated heterocycles. The van der Waals surface area contributed by atoms with Crippen LogP contribution < -0.4 is 5.32 Å². The SMILES string of the molecule is O=C(O)c1ccccc1-c1ccccc1C(=O)NCC1CSCCS1. The third-order valence-corrected chi connectivity index (χ3v) is 6.84. The van der Waals surface area contributed by atoms with Crippen LogP contribution in [0.25, 0.3) is 11.1 Å². The number of carboxylic acids is 1. The molecule has 1 unspecified atom stereocenters. The molecule has 2 aromatic rings. The molecule has 6 heteroatoms. The molecule has 1 amide bonds. The van der Waals surface area contributed by atoms with Gasteiger partial charge in [-0.2, -0.15) is 23.5 Å². The number of aromatic carboxylic acids is 1. The smallest absolute Gasteiger partial charge is 0.336 e. The van der Waals surface area contributed by atoms with Crippen LogP contribution in [-0.2, 0) is 0 Å². The van der Waals surface area contributed by atoms with E-state index in [0.717, 1.165) is 11.5 Å². The van der Waals surface area contributed by atoms with Crippen LogP contribution in [0.15, 0.2) is 48.5 Å². The van der Waals surface area contributed by atoms with E-state index >= 15 is 0 Å². The maximum atomic E-state index is 12.7. The zero-order valence-corrected chi connectivity index (χ0v) is 15.2. The van der Waals surface area contributed by atoms with Crippen LogP contribution in [0.3, 0.4) is 0 Å². The van der Waals surface area contributed by atoms with E-state index < -0.39 is 5.97 Å². The number of thioether (sulfide) groups is 2. The van der Waals surface area contributed by atoms with Crippen molar-refractivity contribution in [2.24, 2.45) is 0 Å². The van der Waals surface area contributed by atoms with Gasteiger partial charge < -0.3 is 10.4 Å². The zero-order valence-electron chi connectivity index (χ0n) is 13.6. The minimum atomic E-state index is -0.999. The first-order valence-electron chi connectivity index (χ1n) is 8.06. The molecule has 0 aliphatic carbocycles. The number of carboxylic acid groups (broad SMARTS) is 1. The first-order valence-corrected chi connectivity index (χ1v) is 10.3. The molecule has 2 N–H and O–H groups in total. The number of nitrogens with one attached hydrogen (secondary N) is 1. The third kappa shape index (κ3) is 4.38. The van der Waals surface area contributed by atoms with Crippen molar-refractivity contribution >= 4 is 35.4 Å². The van der Waals surface area contributed by atoms with Crippen LogP contribution in [0, 0.1) is 0 Å². The monoisotopic (exact) mass is 373 g/mol. The summed E-state index contributed by atoms with van der Waals surface area (Å²) in [4.78, 5) is 24.2. The summed E-state index contributed by atoms with van der Waals surface area (Å²) in [6, 6.07) is 13.9. The quantitative estimate of drug-likeness (QED) is 0.838. The Balaban J connectivity index is 1.83. The number of hydrogen-bond donors (Lipinski definition) is 2. The second kappa shape index (κ2) is 8.45. The van der Waals surface area contributed by atoms with Crippen molar-refractivity contribution in [3.8, 4) is 11.1 Å². The summed E-state index contributed by atoms with van der Waals surface area (Å²) < 4.78 is 0. The van der Waals surface area contributed by atoms with Gasteiger partial charge in [0.05, 0.1) is 5.56 Å². The molecule has 0 aromatic heterocycles. The highest BCUT2D eigenvalue weighted by Crippen LogP contribution is 2.28. The molecule has 2 aromatic carbocycles. The van der Waals surface area contributed by atoms with E-state index in [4.69, 9.17) is 0 Å². The molecular formula is C19H19NO3S2. The van der Waals surface area contributed by atoms with E-state index in [-0.39, 0.29) is 11.5 Å². The fourth-order valence-electron chi connectivity index (χ4n) is 2.78.